The number of rotatable bonds is 8. The van der Waals surface area contributed by atoms with Gasteiger partial charge in [-0.05, 0) is 25.7 Å². The van der Waals surface area contributed by atoms with Crippen LogP contribution in [0.5, 0.6) is 0 Å². The van der Waals surface area contributed by atoms with E-state index in [1.807, 2.05) is 6.07 Å². The van der Waals surface area contributed by atoms with Gasteiger partial charge in [0.15, 0.2) is 0 Å². The molecule has 1 aliphatic carbocycles. The molecule has 0 unspecified atom stereocenters. The van der Waals surface area contributed by atoms with Crippen LogP contribution in [0.2, 0.25) is 0 Å². The lowest BCUT2D eigenvalue weighted by Gasteiger charge is -2.23. The average molecular weight is 310 g/mol. The third-order valence-electron chi connectivity index (χ3n) is 4.00. The molecule has 0 aliphatic heterocycles. The Kier molecular flexibility index (Phi) is 5.11. The van der Waals surface area contributed by atoms with Crippen LogP contribution in [0.25, 0.3) is 11.3 Å². The average Bonchev–Trinajstić information content (AvgIpc) is 3.39. The maximum absolute atomic E-state index is 4.78. The Morgan fingerprint density at radius 1 is 1.04 bits per heavy atom. The molecule has 0 spiro atoms. The van der Waals surface area contributed by atoms with Crippen LogP contribution >= 0.6 is 0 Å². The fourth-order valence-corrected chi connectivity index (χ4v) is 2.71. The van der Waals surface area contributed by atoms with E-state index in [0.29, 0.717) is 6.04 Å². The van der Waals surface area contributed by atoms with Crippen LogP contribution in [-0.2, 0) is 0 Å². The van der Waals surface area contributed by atoms with E-state index in [1.54, 1.807) is 0 Å². The van der Waals surface area contributed by atoms with Gasteiger partial charge in [-0.2, -0.15) is 4.98 Å². The van der Waals surface area contributed by atoms with E-state index in [9.17, 15) is 0 Å². The first-order chi connectivity index (χ1) is 11.3. The van der Waals surface area contributed by atoms with Gasteiger partial charge >= 0.3 is 0 Å². The van der Waals surface area contributed by atoms with Gasteiger partial charge < -0.3 is 10.2 Å². The van der Waals surface area contributed by atoms with Gasteiger partial charge in [-0.25, -0.2) is 4.98 Å². The molecule has 0 saturated heterocycles. The zero-order valence-corrected chi connectivity index (χ0v) is 14.1. The maximum Gasteiger partial charge on any atom is 0.225 e. The highest BCUT2D eigenvalue weighted by Crippen LogP contribution is 2.27. The summed E-state index contributed by atoms with van der Waals surface area (Å²) in [4.78, 5) is 11.9. The molecular formula is C19H26N4. The molecule has 1 heterocycles. The molecule has 1 N–H and O–H groups in total. The predicted molar refractivity (Wildman–Crippen MR) is 96.9 cm³/mol. The monoisotopic (exact) mass is 310 g/mol. The summed E-state index contributed by atoms with van der Waals surface area (Å²) in [6.07, 6.45) is 4.69. The molecular weight excluding hydrogens is 284 g/mol. The molecule has 0 bridgehead atoms. The topological polar surface area (TPSA) is 41.1 Å². The van der Waals surface area contributed by atoms with E-state index < -0.39 is 0 Å². The van der Waals surface area contributed by atoms with Crippen molar-refractivity contribution in [2.75, 3.05) is 23.3 Å². The molecule has 1 saturated carbocycles. The van der Waals surface area contributed by atoms with Crippen molar-refractivity contribution in [2.24, 2.45) is 0 Å². The molecule has 0 atom stereocenters. The van der Waals surface area contributed by atoms with Gasteiger partial charge in [-0.3, -0.25) is 0 Å². The quantitative estimate of drug-likeness (QED) is 0.787. The third kappa shape index (κ3) is 4.21. The third-order valence-corrected chi connectivity index (χ3v) is 4.00. The summed E-state index contributed by atoms with van der Waals surface area (Å²) in [6, 6.07) is 13.0. The van der Waals surface area contributed by atoms with Gasteiger partial charge in [0.1, 0.15) is 5.82 Å². The van der Waals surface area contributed by atoms with Crippen molar-refractivity contribution in [3.8, 4) is 11.3 Å². The van der Waals surface area contributed by atoms with Crippen LogP contribution < -0.4 is 10.2 Å². The van der Waals surface area contributed by atoms with Crippen LogP contribution in [0.15, 0.2) is 36.4 Å². The van der Waals surface area contributed by atoms with E-state index in [2.05, 4.69) is 54.4 Å². The number of hydrogen-bond acceptors (Lipinski definition) is 4. The number of aromatic nitrogens is 2. The van der Waals surface area contributed by atoms with Crippen LogP contribution in [-0.4, -0.2) is 29.1 Å². The second kappa shape index (κ2) is 7.44. The minimum absolute atomic E-state index is 0.555. The first-order valence-electron chi connectivity index (χ1n) is 8.76. The number of benzene rings is 1. The minimum Gasteiger partial charge on any atom is -0.356 e. The standard InChI is InChI=1S/C19H26N4/c1-3-12-23(13-4-2)18-14-17(15-8-6-5-7-9-15)21-19(22-18)20-16-10-11-16/h5-9,14,16H,3-4,10-13H2,1-2H3,(H,20,21,22). The molecule has 4 nitrogen and oxygen atoms in total. The summed E-state index contributed by atoms with van der Waals surface area (Å²) in [5, 5.41) is 3.46. The van der Waals surface area contributed by atoms with Gasteiger partial charge in [-0.15, -0.1) is 0 Å². The second-order valence-electron chi connectivity index (χ2n) is 6.21. The van der Waals surface area contributed by atoms with Gasteiger partial charge in [0.2, 0.25) is 5.95 Å². The predicted octanol–water partition coefficient (Wildman–Crippen LogP) is 4.34. The van der Waals surface area contributed by atoms with E-state index >= 15 is 0 Å². The van der Waals surface area contributed by atoms with Crippen LogP contribution in [0.1, 0.15) is 39.5 Å². The Morgan fingerprint density at radius 2 is 1.74 bits per heavy atom. The number of nitrogens with zero attached hydrogens (tertiary/aromatic N) is 3. The molecule has 1 fully saturated rings. The Morgan fingerprint density at radius 3 is 2.35 bits per heavy atom. The summed E-state index contributed by atoms with van der Waals surface area (Å²) in [7, 11) is 0. The zero-order valence-electron chi connectivity index (χ0n) is 14.1. The highest BCUT2D eigenvalue weighted by molar-refractivity contribution is 5.65. The van der Waals surface area contributed by atoms with Crippen molar-refractivity contribution in [3.05, 3.63) is 36.4 Å². The lowest BCUT2D eigenvalue weighted by atomic mass is 10.1. The van der Waals surface area contributed by atoms with E-state index in [4.69, 9.17) is 9.97 Å². The first kappa shape index (κ1) is 15.8. The first-order valence-corrected chi connectivity index (χ1v) is 8.76. The van der Waals surface area contributed by atoms with Crippen molar-refractivity contribution in [1.82, 2.24) is 9.97 Å². The summed E-state index contributed by atoms with van der Waals surface area (Å²) >= 11 is 0. The zero-order chi connectivity index (χ0) is 16.1. The fourth-order valence-electron chi connectivity index (χ4n) is 2.71. The summed E-state index contributed by atoms with van der Waals surface area (Å²) in [6.45, 7) is 6.49. The SMILES string of the molecule is CCCN(CCC)c1cc(-c2ccccc2)nc(NC2CC2)n1. The number of hydrogen-bond donors (Lipinski definition) is 1. The Balaban J connectivity index is 1.96. The lowest BCUT2D eigenvalue weighted by Crippen LogP contribution is -2.26. The van der Waals surface area contributed by atoms with Crippen LogP contribution in [0.3, 0.4) is 0 Å². The van der Waals surface area contributed by atoms with E-state index in [-0.39, 0.29) is 0 Å². The molecule has 2 aromatic rings. The number of anilines is 2. The molecule has 122 valence electrons. The molecule has 4 heteroatoms. The Hall–Kier alpha value is -2.10. The van der Waals surface area contributed by atoms with Crippen molar-refractivity contribution in [2.45, 2.75) is 45.6 Å². The smallest absolute Gasteiger partial charge is 0.225 e. The van der Waals surface area contributed by atoms with Gasteiger partial charge in [0, 0.05) is 30.8 Å². The highest BCUT2D eigenvalue weighted by atomic mass is 15.2. The van der Waals surface area contributed by atoms with Crippen LogP contribution in [0, 0.1) is 0 Å². The summed E-state index contributed by atoms with van der Waals surface area (Å²) in [5.41, 5.74) is 2.14. The molecule has 1 aromatic carbocycles. The van der Waals surface area contributed by atoms with Gasteiger partial charge in [0.25, 0.3) is 0 Å². The second-order valence-corrected chi connectivity index (χ2v) is 6.21. The van der Waals surface area contributed by atoms with Gasteiger partial charge in [-0.1, -0.05) is 44.2 Å². The fraction of sp³-hybridized carbons (Fsp3) is 0.474. The number of nitrogens with one attached hydrogen (secondary N) is 1. The molecule has 23 heavy (non-hydrogen) atoms. The molecule has 1 aliphatic rings. The summed E-state index contributed by atoms with van der Waals surface area (Å²) in [5.74, 6) is 1.80. The Labute approximate surface area is 139 Å². The van der Waals surface area contributed by atoms with Crippen molar-refractivity contribution in [3.63, 3.8) is 0 Å². The normalized spacial score (nSPS) is 13.8. The van der Waals surface area contributed by atoms with Gasteiger partial charge in [0.05, 0.1) is 5.69 Å². The minimum atomic E-state index is 0.555. The lowest BCUT2D eigenvalue weighted by molar-refractivity contribution is 0.733. The van der Waals surface area contributed by atoms with E-state index in [0.717, 1.165) is 49.0 Å². The molecule has 0 amide bonds. The molecule has 0 radical (unpaired) electrons. The molecule has 1 aromatic heterocycles. The Bertz CT molecular complexity index is 617. The van der Waals surface area contributed by atoms with Crippen molar-refractivity contribution in [1.29, 1.82) is 0 Å². The highest BCUT2D eigenvalue weighted by Gasteiger charge is 2.23. The van der Waals surface area contributed by atoms with Crippen molar-refractivity contribution < 1.29 is 0 Å². The largest absolute Gasteiger partial charge is 0.356 e. The summed E-state index contributed by atoms with van der Waals surface area (Å²) < 4.78 is 0. The van der Waals surface area contributed by atoms with Crippen LogP contribution in [0.4, 0.5) is 11.8 Å². The van der Waals surface area contributed by atoms with E-state index in [1.165, 1.54) is 12.8 Å². The maximum atomic E-state index is 4.78. The molecule has 3 rings (SSSR count). The van der Waals surface area contributed by atoms with Crippen molar-refractivity contribution >= 4 is 11.8 Å².